The molecule has 1 atom stereocenters. The number of aliphatic hydroxyl groups excluding tert-OH is 1. The molecule has 0 aliphatic carbocycles. The van der Waals surface area contributed by atoms with Crippen LogP contribution in [0.2, 0.25) is 0 Å². The molecule has 1 aliphatic rings. The Hall–Kier alpha value is -3.16. The van der Waals surface area contributed by atoms with Crippen molar-refractivity contribution in [2.75, 3.05) is 4.90 Å². The summed E-state index contributed by atoms with van der Waals surface area (Å²) >= 11 is 0. The van der Waals surface area contributed by atoms with Gasteiger partial charge in [-0.25, -0.2) is 4.98 Å². The summed E-state index contributed by atoms with van der Waals surface area (Å²) in [5.74, 6) is -2.62. The molecular weight excluding hydrogens is 350 g/mol. The van der Waals surface area contributed by atoms with Crippen molar-refractivity contribution in [3.8, 4) is 0 Å². The zero-order valence-corrected chi connectivity index (χ0v) is 15.1. The molecule has 1 aromatic heterocycles. The summed E-state index contributed by atoms with van der Waals surface area (Å²) in [6.45, 7) is 3.73. The number of H-pyrrole nitrogens is 1. The molecule has 1 amide bonds. The van der Waals surface area contributed by atoms with E-state index < -0.39 is 23.7 Å². The molecule has 8 nitrogen and oxygen atoms in total. The predicted molar refractivity (Wildman–Crippen MR) is 98.4 cm³/mol. The van der Waals surface area contributed by atoms with Gasteiger partial charge in [0.05, 0.1) is 29.0 Å². The number of carbonyl (C=O) groups is 3. The molecule has 0 saturated carbocycles. The van der Waals surface area contributed by atoms with E-state index in [0.717, 1.165) is 0 Å². The van der Waals surface area contributed by atoms with Crippen LogP contribution in [0.5, 0.6) is 0 Å². The monoisotopic (exact) mass is 371 g/mol. The van der Waals surface area contributed by atoms with Crippen LogP contribution >= 0.6 is 0 Å². The SMILES string of the molecule is CC(C)CC(=O)C1=C(O)C(=O)N(c2ccc3nc[nH]c3c2)C1CCC(=O)O. The number of aromatic nitrogens is 2. The lowest BCUT2D eigenvalue weighted by atomic mass is 9.94. The highest BCUT2D eigenvalue weighted by Gasteiger charge is 2.43. The minimum absolute atomic E-state index is 0.000317. The number of Topliss-reactive ketones (excluding diaryl/α,β-unsaturated/α-hetero) is 1. The first-order valence-electron chi connectivity index (χ1n) is 8.74. The average Bonchev–Trinajstić information content (AvgIpc) is 3.15. The van der Waals surface area contributed by atoms with E-state index in [1.54, 1.807) is 18.2 Å². The van der Waals surface area contributed by atoms with E-state index in [4.69, 9.17) is 5.11 Å². The van der Waals surface area contributed by atoms with Gasteiger partial charge in [-0.15, -0.1) is 0 Å². The lowest BCUT2D eigenvalue weighted by molar-refractivity contribution is -0.137. The van der Waals surface area contributed by atoms with Gasteiger partial charge in [0.25, 0.3) is 5.91 Å². The van der Waals surface area contributed by atoms with Gasteiger partial charge in [-0.2, -0.15) is 0 Å². The minimum atomic E-state index is -1.03. The fourth-order valence-corrected chi connectivity index (χ4v) is 3.36. The van der Waals surface area contributed by atoms with Crippen LogP contribution in [0.25, 0.3) is 11.0 Å². The number of amides is 1. The maximum atomic E-state index is 12.7. The largest absolute Gasteiger partial charge is 0.503 e. The van der Waals surface area contributed by atoms with Crippen molar-refractivity contribution in [1.29, 1.82) is 0 Å². The number of anilines is 1. The van der Waals surface area contributed by atoms with Gasteiger partial charge in [-0.3, -0.25) is 19.3 Å². The summed E-state index contributed by atoms with van der Waals surface area (Å²) in [5, 5.41) is 19.4. The summed E-state index contributed by atoms with van der Waals surface area (Å²) < 4.78 is 0. The first-order chi connectivity index (χ1) is 12.8. The smallest absolute Gasteiger partial charge is 0.303 e. The van der Waals surface area contributed by atoms with Gasteiger partial charge in [0.1, 0.15) is 0 Å². The number of nitrogens with zero attached hydrogens (tertiary/aromatic N) is 2. The second-order valence-electron chi connectivity index (χ2n) is 7.01. The van der Waals surface area contributed by atoms with Gasteiger partial charge >= 0.3 is 5.97 Å². The van der Waals surface area contributed by atoms with E-state index in [1.165, 1.54) is 11.2 Å². The van der Waals surface area contributed by atoms with E-state index in [1.807, 2.05) is 13.8 Å². The summed E-state index contributed by atoms with van der Waals surface area (Å²) in [6.07, 6.45) is 1.50. The van der Waals surface area contributed by atoms with Crippen molar-refractivity contribution in [3.05, 3.63) is 35.9 Å². The van der Waals surface area contributed by atoms with Crippen LogP contribution in [-0.4, -0.2) is 43.9 Å². The van der Waals surface area contributed by atoms with Crippen molar-refractivity contribution in [3.63, 3.8) is 0 Å². The second kappa shape index (κ2) is 7.22. The Morgan fingerprint density at radius 3 is 2.74 bits per heavy atom. The number of aliphatic carboxylic acids is 1. The average molecular weight is 371 g/mol. The lowest BCUT2D eigenvalue weighted by Gasteiger charge is -2.26. The standard InChI is InChI=1S/C19H21N3O5/c1-10(2)7-15(23)17-14(5-6-16(24)25)22(19(27)18(17)26)11-3-4-12-13(8-11)21-9-20-12/h3-4,8-10,14,26H,5-7H2,1-2H3,(H,20,21)(H,24,25). The number of aliphatic hydroxyl groups is 1. The molecule has 0 spiro atoms. The van der Waals surface area contributed by atoms with Gasteiger partial charge in [-0.1, -0.05) is 13.8 Å². The van der Waals surface area contributed by atoms with Crippen molar-refractivity contribution < 1.29 is 24.6 Å². The van der Waals surface area contributed by atoms with Gasteiger partial charge in [0.2, 0.25) is 0 Å². The molecule has 1 aromatic carbocycles. The van der Waals surface area contributed by atoms with E-state index in [9.17, 15) is 19.5 Å². The van der Waals surface area contributed by atoms with E-state index in [2.05, 4.69) is 9.97 Å². The Balaban J connectivity index is 2.02. The molecule has 1 unspecified atom stereocenters. The molecule has 0 radical (unpaired) electrons. The van der Waals surface area contributed by atoms with Crippen molar-refractivity contribution in [1.82, 2.24) is 9.97 Å². The number of carboxylic acids is 1. The maximum absolute atomic E-state index is 12.7. The van der Waals surface area contributed by atoms with Gasteiger partial charge in [0, 0.05) is 18.5 Å². The van der Waals surface area contributed by atoms with E-state index in [-0.39, 0.29) is 36.5 Å². The molecule has 142 valence electrons. The topological polar surface area (TPSA) is 124 Å². The molecular formula is C19H21N3O5. The van der Waals surface area contributed by atoms with Crippen LogP contribution in [0.1, 0.15) is 33.1 Å². The summed E-state index contributed by atoms with van der Waals surface area (Å²) in [4.78, 5) is 44.8. The quantitative estimate of drug-likeness (QED) is 0.687. The maximum Gasteiger partial charge on any atom is 0.303 e. The number of nitrogens with one attached hydrogen (secondary N) is 1. The van der Waals surface area contributed by atoms with Crippen LogP contribution in [0, 0.1) is 5.92 Å². The summed E-state index contributed by atoms with van der Waals surface area (Å²) in [7, 11) is 0. The van der Waals surface area contributed by atoms with Gasteiger partial charge in [-0.05, 0) is 30.5 Å². The number of carboxylic acid groups (broad SMARTS) is 1. The van der Waals surface area contributed by atoms with Gasteiger partial charge in [0.15, 0.2) is 11.5 Å². The number of benzene rings is 1. The molecule has 8 heteroatoms. The molecule has 0 saturated heterocycles. The van der Waals surface area contributed by atoms with E-state index in [0.29, 0.717) is 16.7 Å². The molecule has 3 N–H and O–H groups in total. The van der Waals surface area contributed by atoms with Crippen LogP contribution in [0.3, 0.4) is 0 Å². The zero-order valence-electron chi connectivity index (χ0n) is 15.1. The fraction of sp³-hybridized carbons (Fsp3) is 0.368. The van der Waals surface area contributed by atoms with Crippen molar-refractivity contribution >= 4 is 34.4 Å². The molecule has 27 heavy (non-hydrogen) atoms. The first kappa shape index (κ1) is 18.6. The zero-order chi connectivity index (χ0) is 19.7. The lowest BCUT2D eigenvalue weighted by Crippen LogP contribution is -2.37. The number of carbonyl (C=O) groups excluding carboxylic acids is 2. The molecule has 1 aliphatic heterocycles. The van der Waals surface area contributed by atoms with Crippen molar-refractivity contribution in [2.24, 2.45) is 5.92 Å². The Morgan fingerprint density at radius 2 is 2.07 bits per heavy atom. The Labute approximate surface area is 155 Å². The van der Waals surface area contributed by atoms with Crippen molar-refractivity contribution in [2.45, 2.75) is 39.2 Å². The number of hydrogen-bond acceptors (Lipinski definition) is 5. The van der Waals surface area contributed by atoms with Crippen LogP contribution in [0.4, 0.5) is 5.69 Å². The van der Waals surface area contributed by atoms with Crippen LogP contribution < -0.4 is 4.90 Å². The van der Waals surface area contributed by atoms with E-state index >= 15 is 0 Å². The molecule has 2 heterocycles. The first-order valence-corrected chi connectivity index (χ1v) is 8.74. The molecule has 0 bridgehead atoms. The number of ketones is 1. The third kappa shape index (κ3) is 3.55. The number of rotatable bonds is 7. The molecule has 0 fully saturated rings. The Bertz CT molecular complexity index is 944. The highest BCUT2D eigenvalue weighted by Crippen LogP contribution is 2.35. The third-order valence-electron chi connectivity index (χ3n) is 4.53. The number of aromatic amines is 1. The third-order valence-corrected chi connectivity index (χ3v) is 4.53. The number of hydrogen-bond donors (Lipinski definition) is 3. The normalized spacial score (nSPS) is 17.4. The minimum Gasteiger partial charge on any atom is -0.503 e. The van der Waals surface area contributed by atoms with Gasteiger partial charge < -0.3 is 15.2 Å². The van der Waals surface area contributed by atoms with Crippen LogP contribution in [-0.2, 0) is 14.4 Å². The summed E-state index contributed by atoms with van der Waals surface area (Å²) in [6, 6.07) is 4.25. The molecule has 3 rings (SSSR count). The fourth-order valence-electron chi connectivity index (χ4n) is 3.36. The second-order valence-corrected chi connectivity index (χ2v) is 7.01. The predicted octanol–water partition coefficient (Wildman–Crippen LogP) is 2.57. The summed E-state index contributed by atoms with van der Waals surface area (Å²) in [5.41, 5.74) is 1.87. The number of imidazole rings is 1. The van der Waals surface area contributed by atoms with Crippen LogP contribution in [0.15, 0.2) is 35.9 Å². The Morgan fingerprint density at radius 1 is 1.33 bits per heavy atom. The molecule has 2 aromatic rings. The highest BCUT2D eigenvalue weighted by molar-refractivity contribution is 6.16. The Kier molecular flexibility index (Phi) is 4.98. The highest BCUT2D eigenvalue weighted by atomic mass is 16.4. The number of fused-ring (bicyclic) bond motifs is 1.